The summed E-state index contributed by atoms with van der Waals surface area (Å²) < 4.78 is 4.94. The Morgan fingerprint density at radius 2 is 2.00 bits per heavy atom. The van der Waals surface area contributed by atoms with E-state index in [0.717, 1.165) is 15.5 Å². The number of thiazole rings is 1. The lowest BCUT2D eigenvalue weighted by Gasteiger charge is -2.12. The predicted octanol–water partition coefficient (Wildman–Crippen LogP) is 3.37. The third-order valence-electron chi connectivity index (χ3n) is 4.25. The van der Waals surface area contributed by atoms with Gasteiger partial charge in [-0.3, -0.25) is 24.6 Å². The highest BCUT2D eigenvalue weighted by molar-refractivity contribution is 7.16. The summed E-state index contributed by atoms with van der Waals surface area (Å²) in [5, 5.41) is 7.06. The number of benzene rings is 1. The van der Waals surface area contributed by atoms with Crippen molar-refractivity contribution in [3.05, 3.63) is 57.8 Å². The molecule has 3 aromatic rings. The molecule has 1 aliphatic heterocycles. The Bertz CT molecular complexity index is 1060. The first kappa shape index (κ1) is 18.5. The Kier molecular flexibility index (Phi) is 5.03. The van der Waals surface area contributed by atoms with E-state index in [1.54, 1.807) is 11.3 Å². The molecule has 0 bridgehead atoms. The van der Waals surface area contributed by atoms with E-state index in [1.165, 1.54) is 36.6 Å². The van der Waals surface area contributed by atoms with Gasteiger partial charge in [-0.1, -0.05) is 6.07 Å². The minimum absolute atomic E-state index is 0.176. The zero-order chi connectivity index (χ0) is 19.7. The summed E-state index contributed by atoms with van der Waals surface area (Å²) in [4.78, 5) is 44.0. The number of methoxy groups -OCH3 is 1. The number of hydrogen-bond acceptors (Lipinski definition) is 7. The number of thiophene rings is 1. The fraction of sp³-hybridized carbons (Fsp3) is 0.158. The number of hydrogen-bond donors (Lipinski definition) is 1. The van der Waals surface area contributed by atoms with Gasteiger partial charge in [0.1, 0.15) is 0 Å². The van der Waals surface area contributed by atoms with Crippen LogP contribution in [0.1, 0.15) is 31.1 Å². The number of imide groups is 1. The molecule has 2 aromatic heterocycles. The average molecular weight is 413 g/mol. The molecule has 28 heavy (non-hydrogen) atoms. The predicted molar refractivity (Wildman–Crippen MR) is 107 cm³/mol. The fourth-order valence-electron chi connectivity index (χ4n) is 2.86. The lowest BCUT2D eigenvalue weighted by atomic mass is 10.1. The second kappa shape index (κ2) is 7.63. The highest BCUT2D eigenvalue weighted by Gasteiger charge is 2.35. The molecule has 4 rings (SSSR count). The minimum atomic E-state index is -0.416. The van der Waals surface area contributed by atoms with Crippen LogP contribution in [0, 0.1) is 0 Å². The van der Waals surface area contributed by atoms with Crippen molar-refractivity contribution >= 4 is 45.5 Å². The number of nitrogens with one attached hydrogen (secondary N) is 1. The van der Waals surface area contributed by atoms with Gasteiger partial charge >= 0.3 is 0 Å². The first-order valence-corrected chi connectivity index (χ1v) is 10.1. The molecule has 0 aliphatic carbocycles. The molecule has 0 fully saturated rings. The average Bonchev–Trinajstić information content (AvgIpc) is 3.42. The van der Waals surface area contributed by atoms with Gasteiger partial charge in [-0.15, -0.1) is 22.7 Å². The van der Waals surface area contributed by atoms with Crippen molar-refractivity contribution in [2.24, 2.45) is 0 Å². The van der Waals surface area contributed by atoms with E-state index in [2.05, 4.69) is 10.3 Å². The summed E-state index contributed by atoms with van der Waals surface area (Å²) in [6.45, 7) is 0.435. The maximum Gasteiger partial charge on any atom is 0.261 e. The van der Waals surface area contributed by atoms with Crippen LogP contribution in [-0.2, 0) is 4.74 Å². The highest BCUT2D eigenvalue weighted by Crippen LogP contribution is 2.29. The number of anilines is 1. The van der Waals surface area contributed by atoms with Crippen molar-refractivity contribution in [1.82, 2.24) is 9.88 Å². The Morgan fingerprint density at radius 1 is 1.18 bits per heavy atom. The Hall–Kier alpha value is -2.88. The standard InChI is InChI=1S/C19H15N3O4S2/c1-26-7-6-22-17(24)12-5-4-11(9-13(12)18(22)25)16(23)21-19-20-14(10-28-19)15-3-2-8-27-15/h2-5,8-10H,6-7H2,1H3,(H,20,21,23). The van der Waals surface area contributed by atoms with E-state index in [-0.39, 0.29) is 30.5 Å². The van der Waals surface area contributed by atoms with E-state index < -0.39 is 5.91 Å². The number of aromatic nitrogens is 1. The highest BCUT2D eigenvalue weighted by atomic mass is 32.1. The number of carbonyl (C=O) groups excluding carboxylic acids is 3. The van der Waals surface area contributed by atoms with E-state index in [1.807, 2.05) is 22.9 Å². The number of amides is 3. The molecule has 3 heterocycles. The Labute approximate surface area is 168 Å². The Balaban J connectivity index is 1.52. The summed E-state index contributed by atoms with van der Waals surface area (Å²) >= 11 is 2.90. The summed E-state index contributed by atoms with van der Waals surface area (Å²) in [7, 11) is 1.50. The molecule has 9 heteroatoms. The van der Waals surface area contributed by atoms with E-state index in [4.69, 9.17) is 4.74 Å². The molecule has 0 saturated heterocycles. The van der Waals surface area contributed by atoms with Crippen molar-refractivity contribution in [2.45, 2.75) is 0 Å². The zero-order valence-corrected chi connectivity index (χ0v) is 16.4. The molecular weight excluding hydrogens is 398 g/mol. The topological polar surface area (TPSA) is 88.6 Å². The molecule has 1 aromatic carbocycles. The van der Waals surface area contributed by atoms with Crippen molar-refractivity contribution in [1.29, 1.82) is 0 Å². The van der Waals surface area contributed by atoms with E-state index in [0.29, 0.717) is 16.3 Å². The molecule has 0 spiro atoms. The lowest BCUT2D eigenvalue weighted by molar-refractivity contribution is 0.0603. The maximum atomic E-state index is 12.6. The third kappa shape index (κ3) is 3.35. The number of fused-ring (bicyclic) bond motifs is 1. The van der Waals surface area contributed by atoms with E-state index in [9.17, 15) is 14.4 Å². The summed E-state index contributed by atoms with van der Waals surface area (Å²) in [5.41, 5.74) is 1.62. The maximum absolute atomic E-state index is 12.6. The second-order valence-electron chi connectivity index (χ2n) is 5.98. The van der Waals surface area contributed by atoms with Gasteiger partial charge in [0.15, 0.2) is 5.13 Å². The van der Waals surface area contributed by atoms with Gasteiger partial charge in [0, 0.05) is 18.1 Å². The molecule has 3 amide bonds. The fourth-order valence-corrected chi connectivity index (χ4v) is 4.32. The van der Waals surface area contributed by atoms with Gasteiger partial charge in [-0.05, 0) is 29.6 Å². The zero-order valence-electron chi connectivity index (χ0n) is 14.8. The van der Waals surface area contributed by atoms with Crippen molar-refractivity contribution in [3.8, 4) is 10.6 Å². The second-order valence-corrected chi connectivity index (χ2v) is 7.79. The summed E-state index contributed by atoms with van der Waals surface area (Å²) in [6, 6.07) is 8.40. The third-order valence-corrected chi connectivity index (χ3v) is 5.90. The molecule has 0 unspecified atom stereocenters. The van der Waals surface area contributed by atoms with Crippen LogP contribution < -0.4 is 5.32 Å². The van der Waals surface area contributed by atoms with Crippen molar-refractivity contribution in [3.63, 3.8) is 0 Å². The number of rotatable bonds is 6. The number of carbonyl (C=O) groups is 3. The van der Waals surface area contributed by atoms with Crippen LogP contribution in [0.4, 0.5) is 5.13 Å². The molecule has 7 nitrogen and oxygen atoms in total. The van der Waals surface area contributed by atoms with Crippen LogP contribution in [-0.4, -0.2) is 47.9 Å². The van der Waals surface area contributed by atoms with Crippen LogP contribution in [0.15, 0.2) is 41.1 Å². The van der Waals surface area contributed by atoms with Gasteiger partial charge in [-0.2, -0.15) is 0 Å². The van der Waals surface area contributed by atoms with Crippen LogP contribution in [0.25, 0.3) is 10.6 Å². The van der Waals surface area contributed by atoms with Gasteiger partial charge in [0.25, 0.3) is 17.7 Å². The normalized spacial score (nSPS) is 13.1. The molecule has 0 saturated carbocycles. The van der Waals surface area contributed by atoms with Gasteiger partial charge < -0.3 is 4.74 Å². The lowest BCUT2D eigenvalue weighted by Crippen LogP contribution is -2.32. The monoisotopic (exact) mass is 413 g/mol. The van der Waals surface area contributed by atoms with Gasteiger partial charge in [0.2, 0.25) is 0 Å². The van der Waals surface area contributed by atoms with Crippen molar-refractivity contribution < 1.29 is 19.1 Å². The largest absolute Gasteiger partial charge is 0.383 e. The minimum Gasteiger partial charge on any atom is -0.383 e. The van der Waals surface area contributed by atoms with Gasteiger partial charge in [0.05, 0.1) is 34.8 Å². The Morgan fingerprint density at radius 3 is 2.75 bits per heavy atom. The van der Waals surface area contributed by atoms with Crippen molar-refractivity contribution in [2.75, 3.05) is 25.6 Å². The molecule has 142 valence electrons. The molecular formula is C19H15N3O4S2. The van der Waals surface area contributed by atoms with Crippen LogP contribution in [0.2, 0.25) is 0 Å². The SMILES string of the molecule is COCCN1C(=O)c2ccc(C(=O)Nc3nc(-c4cccs4)cs3)cc2C1=O. The molecule has 1 N–H and O–H groups in total. The summed E-state index contributed by atoms with van der Waals surface area (Å²) in [6.07, 6.45) is 0. The first-order valence-electron chi connectivity index (χ1n) is 8.38. The van der Waals surface area contributed by atoms with Crippen LogP contribution >= 0.6 is 22.7 Å². The number of ether oxygens (including phenoxy) is 1. The molecule has 0 atom stereocenters. The molecule has 1 aliphatic rings. The number of nitrogens with zero attached hydrogens (tertiary/aromatic N) is 2. The first-order chi connectivity index (χ1) is 13.6. The van der Waals surface area contributed by atoms with Gasteiger partial charge in [-0.25, -0.2) is 4.98 Å². The summed E-state index contributed by atoms with van der Waals surface area (Å²) in [5.74, 6) is -1.17. The smallest absolute Gasteiger partial charge is 0.261 e. The van der Waals surface area contributed by atoms with Crippen LogP contribution in [0.5, 0.6) is 0 Å². The van der Waals surface area contributed by atoms with Crippen LogP contribution in [0.3, 0.4) is 0 Å². The quantitative estimate of drug-likeness (QED) is 0.626. The molecule has 0 radical (unpaired) electrons. The van der Waals surface area contributed by atoms with E-state index >= 15 is 0 Å².